The summed E-state index contributed by atoms with van der Waals surface area (Å²) in [7, 11) is 0. The Kier molecular flexibility index (Phi) is 3.01. The number of aromatic nitrogens is 2. The van der Waals surface area contributed by atoms with Crippen molar-refractivity contribution < 1.29 is 9.59 Å². The molecule has 1 aliphatic rings. The highest BCUT2D eigenvalue weighted by Crippen LogP contribution is 2.31. The topological polar surface area (TPSA) is 59.9 Å². The molecule has 0 saturated heterocycles. The summed E-state index contributed by atoms with van der Waals surface area (Å²) < 4.78 is 0. The first-order valence-corrected chi connectivity index (χ1v) is 6.71. The third-order valence-electron chi connectivity index (χ3n) is 3.58. The quantitative estimate of drug-likeness (QED) is 0.804. The van der Waals surface area contributed by atoms with Crippen molar-refractivity contribution in [3.63, 3.8) is 0 Å². The molecule has 0 bridgehead atoms. The molecule has 0 spiro atoms. The van der Waals surface area contributed by atoms with E-state index in [0.29, 0.717) is 33.8 Å². The van der Waals surface area contributed by atoms with Crippen LogP contribution < -0.4 is 0 Å². The predicted octanol–water partition coefficient (Wildman–Crippen LogP) is 2.95. The summed E-state index contributed by atoms with van der Waals surface area (Å²) in [5.74, 6) is 0.318. The van der Waals surface area contributed by atoms with E-state index in [1.807, 2.05) is 6.92 Å². The lowest BCUT2D eigenvalue weighted by atomic mass is 9.83. The van der Waals surface area contributed by atoms with Gasteiger partial charge in [-0.25, -0.2) is 9.97 Å². The molecule has 1 heterocycles. The Hall–Kier alpha value is -2.62. The van der Waals surface area contributed by atoms with E-state index in [2.05, 4.69) is 9.97 Å². The van der Waals surface area contributed by atoms with Gasteiger partial charge in [0.2, 0.25) is 0 Å². The summed E-state index contributed by atoms with van der Waals surface area (Å²) in [5, 5.41) is 0. The predicted molar refractivity (Wildman–Crippen MR) is 79.2 cm³/mol. The van der Waals surface area contributed by atoms with Gasteiger partial charge in [-0.15, -0.1) is 0 Å². The van der Waals surface area contributed by atoms with Crippen LogP contribution in [0.4, 0.5) is 0 Å². The van der Waals surface area contributed by atoms with Crippen LogP contribution in [0.5, 0.6) is 0 Å². The van der Waals surface area contributed by atoms with Crippen LogP contribution in [0, 0.1) is 13.8 Å². The maximum Gasteiger partial charge on any atom is 0.196 e. The second-order valence-electron chi connectivity index (χ2n) is 5.15. The fourth-order valence-corrected chi connectivity index (χ4v) is 2.65. The summed E-state index contributed by atoms with van der Waals surface area (Å²) in [6.45, 7) is 5.30. The van der Waals surface area contributed by atoms with E-state index in [-0.39, 0.29) is 11.6 Å². The number of carbonyl (C=O) groups is 2. The molecule has 3 rings (SSSR count). The molecule has 0 atom stereocenters. The van der Waals surface area contributed by atoms with Crippen molar-refractivity contribution in [3.8, 4) is 0 Å². The molecule has 2 aromatic rings. The maximum atomic E-state index is 12.7. The van der Waals surface area contributed by atoms with Crippen LogP contribution in [0.15, 0.2) is 35.9 Å². The highest BCUT2D eigenvalue weighted by molar-refractivity contribution is 6.40. The van der Waals surface area contributed by atoms with Gasteiger partial charge in [0, 0.05) is 22.4 Å². The zero-order valence-corrected chi connectivity index (χ0v) is 12.1. The number of carbonyl (C=O) groups excluding carboxylic acids is 2. The number of nitrogens with zero attached hydrogens (tertiary/aromatic N) is 2. The van der Waals surface area contributed by atoms with Gasteiger partial charge in [-0.1, -0.05) is 24.3 Å². The average Bonchev–Trinajstić information content (AvgIpc) is 2.44. The molecular formula is C17H14N2O2. The van der Waals surface area contributed by atoms with Crippen LogP contribution in [-0.2, 0) is 0 Å². The van der Waals surface area contributed by atoms with Crippen LogP contribution in [0.3, 0.4) is 0 Å². The summed E-state index contributed by atoms with van der Waals surface area (Å²) in [6, 6.07) is 8.64. The number of allylic oxidation sites excluding steroid dienone is 2. The molecular weight excluding hydrogens is 264 g/mol. The first-order chi connectivity index (χ1) is 9.99. The van der Waals surface area contributed by atoms with E-state index in [9.17, 15) is 9.59 Å². The van der Waals surface area contributed by atoms with E-state index in [1.165, 1.54) is 0 Å². The van der Waals surface area contributed by atoms with Gasteiger partial charge in [-0.3, -0.25) is 9.59 Å². The summed E-state index contributed by atoms with van der Waals surface area (Å²) in [6.07, 6.45) is 0. The van der Waals surface area contributed by atoms with Crippen LogP contribution in [-0.4, -0.2) is 21.5 Å². The number of hydrogen-bond acceptors (Lipinski definition) is 4. The number of hydrogen-bond donors (Lipinski definition) is 0. The van der Waals surface area contributed by atoms with E-state index in [1.54, 1.807) is 44.2 Å². The smallest absolute Gasteiger partial charge is 0.196 e. The lowest BCUT2D eigenvalue weighted by Gasteiger charge is -2.18. The van der Waals surface area contributed by atoms with Crippen molar-refractivity contribution in [1.82, 2.24) is 9.97 Å². The van der Waals surface area contributed by atoms with Gasteiger partial charge in [-0.05, 0) is 26.8 Å². The van der Waals surface area contributed by atoms with E-state index < -0.39 is 0 Å². The first kappa shape index (κ1) is 13.4. The van der Waals surface area contributed by atoms with Gasteiger partial charge in [0.05, 0.1) is 11.3 Å². The molecule has 1 aromatic carbocycles. The SMILES string of the molecule is CC1=C(c2cc(C)nc(C)n2)C(=O)c2ccccc2C1=O. The summed E-state index contributed by atoms with van der Waals surface area (Å²) >= 11 is 0. The number of fused-ring (bicyclic) bond motifs is 1. The monoisotopic (exact) mass is 278 g/mol. The number of aryl methyl sites for hydroxylation is 2. The molecule has 0 fully saturated rings. The van der Waals surface area contributed by atoms with E-state index in [0.717, 1.165) is 5.69 Å². The molecule has 1 aromatic heterocycles. The molecule has 0 unspecified atom stereocenters. The summed E-state index contributed by atoms with van der Waals surface area (Å²) in [4.78, 5) is 33.7. The van der Waals surface area contributed by atoms with Gasteiger partial charge < -0.3 is 0 Å². The zero-order valence-electron chi connectivity index (χ0n) is 12.1. The molecule has 4 heteroatoms. The average molecular weight is 278 g/mol. The van der Waals surface area contributed by atoms with Crippen molar-refractivity contribution in [2.45, 2.75) is 20.8 Å². The van der Waals surface area contributed by atoms with Crippen molar-refractivity contribution in [2.24, 2.45) is 0 Å². The molecule has 0 aliphatic heterocycles. The van der Waals surface area contributed by atoms with Gasteiger partial charge in [0.1, 0.15) is 5.82 Å². The highest BCUT2D eigenvalue weighted by atomic mass is 16.1. The van der Waals surface area contributed by atoms with Crippen LogP contribution >= 0.6 is 0 Å². The fourth-order valence-electron chi connectivity index (χ4n) is 2.65. The number of rotatable bonds is 1. The molecule has 4 nitrogen and oxygen atoms in total. The highest BCUT2D eigenvalue weighted by Gasteiger charge is 2.31. The van der Waals surface area contributed by atoms with Crippen molar-refractivity contribution in [1.29, 1.82) is 0 Å². The third kappa shape index (κ3) is 2.09. The lowest BCUT2D eigenvalue weighted by Crippen LogP contribution is -2.21. The number of benzene rings is 1. The Morgan fingerprint density at radius 1 is 0.857 bits per heavy atom. The molecule has 104 valence electrons. The molecule has 0 radical (unpaired) electrons. The Morgan fingerprint density at radius 2 is 1.48 bits per heavy atom. The molecule has 0 saturated carbocycles. The molecule has 0 amide bonds. The van der Waals surface area contributed by atoms with Crippen LogP contribution in [0.25, 0.3) is 5.57 Å². The van der Waals surface area contributed by atoms with Gasteiger partial charge in [-0.2, -0.15) is 0 Å². The first-order valence-electron chi connectivity index (χ1n) is 6.71. The third-order valence-corrected chi connectivity index (χ3v) is 3.58. The second kappa shape index (κ2) is 4.74. The normalized spacial score (nSPS) is 14.4. The minimum atomic E-state index is -0.153. The molecule has 1 aliphatic carbocycles. The van der Waals surface area contributed by atoms with Crippen molar-refractivity contribution >= 4 is 17.1 Å². The van der Waals surface area contributed by atoms with Gasteiger partial charge in [0.15, 0.2) is 11.6 Å². The minimum Gasteiger partial charge on any atom is -0.289 e. The van der Waals surface area contributed by atoms with Crippen molar-refractivity contribution in [2.75, 3.05) is 0 Å². The van der Waals surface area contributed by atoms with Crippen LogP contribution in [0.1, 0.15) is 44.9 Å². The van der Waals surface area contributed by atoms with Crippen molar-refractivity contribution in [3.05, 3.63) is 64.2 Å². The maximum absolute atomic E-state index is 12.7. The number of ketones is 2. The molecule has 21 heavy (non-hydrogen) atoms. The Morgan fingerprint density at radius 3 is 2.10 bits per heavy atom. The van der Waals surface area contributed by atoms with E-state index in [4.69, 9.17) is 0 Å². The van der Waals surface area contributed by atoms with E-state index >= 15 is 0 Å². The largest absolute Gasteiger partial charge is 0.289 e. The summed E-state index contributed by atoms with van der Waals surface area (Å²) in [5.41, 5.74) is 3.02. The number of Topliss-reactive ketones (excluding diaryl/α,β-unsaturated/α-hetero) is 2. The zero-order chi connectivity index (χ0) is 15.1. The molecule has 0 N–H and O–H groups in total. The lowest BCUT2D eigenvalue weighted by molar-refractivity contribution is 0.0991. The Bertz CT molecular complexity index is 799. The standard InChI is InChI=1S/C17H14N2O2/c1-9-8-14(19-11(3)18-9)15-10(2)16(20)12-6-4-5-7-13(12)17(15)21/h4-8H,1-3H3. The van der Waals surface area contributed by atoms with Crippen LogP contribution in [0.2, 0.25) is 0 Å². The van der Waals surface area contributed by atoms with Gasteiger partial charge in [0.25, 0.3) is 0 Å². The second-order valence-corrected chi connectivity index (χ2v) is 5.15. The van der Waals surface area contributed by atoms with Gasteiger partial charge >= 0.3 is 0 Å². The fraction of sp³-hybridized carbons (Fsp3) is 0.176. The Balaban J connectivity index is 2.25. The minimum absolute atomic E-state index is 0.117. The Labute approximate surface area is 122 Å².